The third-order valence-corrected chi connectivity index (χ3v) is 3.99. The second kappa shape index (κ2) is 6.70. The van der Waals surface area contributed by atoms with E-state index >= 15 is 0 Å². The second-order valence-corrected chi connectivity index (χ2v) is 5.41. The van der Waals surface area contributed by atoms with Gasteiger partial charge < -0.3 is 0 Å². The van der Waals surface area contributed by atoms with Gasteiger partial charge in [-0.25, -0.2) is 0 Å². The zero-order valence-electron chi connectivity index (χ0n) is 13.3. The highest BCUT2D eigenvalue weighted by atomic mass is 14.3. The molecule has 0 saturated heterocycles. The summed E-state index contributed by atoms with van der Waals surface area (Å²) in [6, 6.07) is 22.1. The maximum atomic E-state index is 9.42. The van der Waals surface area contributed by atoms with Gasteiger partial charge in [-0.15, -0.1) is 0 Å². The molecule has 0 N–H and O–H groups in total. The van der Waals surface area contributed by atoms with Gasteiger partial charge in [0, 0.05) is 11.1 Å². The Labute approximate surface area is 141 Å². The number of nitrogens with zero attached hydrogens (tertiary/aromatic N) is 2. The van der Waals surface area contributed by atoms with Crippen molar-refractivity contribution in [3.8, 4) is 24.0 Å². The molecule has 0 amide bonds. The molecule has 0 aliphatic carbocycles. The molecule has 3 aromatic carbocycles. The Bertz CT molecular complexity index is 1070. The maximum Gasteiger partial charge on any atom is 0.102 e. The van der Waals surface area contributed by atoms with Gasteiger partial charge in [0.2, 0.25) is 0 Å². The molecule has 0 aliphatic heterocycles. The molecule has 0 bridgehead atoms. The largest absolute Gasteiger partial charge is 0.192 e. The molecule has 2 nitrogen and oxygen atoms in total. The summed E-state index contributed by atoms with van der Waals surface area (Å²) in [5.74, 6) is 6.15. The molecule has 0 atom stereocenters. The lowest BCUT2D eigenvalue weighted by molar-refractivity contribution is 1.12. The predicted molar refractivity (Wildman–Crippen MR) is 95.2 cm³/mol. The first-order chi connectivity index (χ1) is 11.8. The molecule has 0 spiro atoms. The van der Waals surface area contributed by atoms with Crippen LogP contribution < -0.4 is 0 Å². The van der Waals surface area contributed by atoms with E-state index in [0.29, 0.717) is 16.7 Å². The summed E-state index contributed by atoms with van der Waals surface area (Å²) in [7, 11) is 0. The van der Waals surface area contributed by atoms with Crippen molar-refractivity contribution in [3.63, 3.8) is 0 Å². The molecule has 2 heteroatoms. The van der Waals surface area contributed by atoms with Crippen LogP contribution in [0, 0.1) is 34.5 Å². The second-order valence-electron chi connectivity index (χ2n) is 5.41. The minimum atomic E-state index is 0.366. The smallest absolute Gasteiger partial charge is 0.102 e. The van der Waals surface area contributed by atoms with Crippen LogP contribution in [0.5, 0.6) is 0 Å². The average Bonchev–Trinajstić information content (AvgIpc) is 2.65. The molecule has 24 heavy (non-hydrogen) atoms. The van der Waals surface area contributed by atoms with Crippen molar-refractivity contribution in [1.82, 2.24) is 0 Å². The molecule has 112 valence electrons. The molecule has 0 aromatic heterocycles. The quantitative estimate of drug-likeness (QED) is 0.619. The Hall–Kier alpha value is -3.54. The van der Waals surface area contributed by atoms with Crippen LogP contribution in [0.15, 0.2) is 54.6 Å². The number of benzene rings is 3. The Morgan fingerprint density at radius 1 is 0.792 bits per heavy atom. The van der Waals surface area contributed by atoms with Gasteiger partial charge in [0.05, 0.1) is 11.1 Å². The minimum absolute atomic E-state index is 0.366. The third kappa shape index (κ3) is 2.85. The van der Waals surface area contributed by atoms with Crippen molar-refractivity contribution in [3.05, 3.63) is 82.4 Å². The summed E-state index contributed by atoms with van der Waals surface area (Å²) in [6.07, 6.45) is 0.718. The topological polar surface area (TPSA) is 47.6 Å². The van der Waals surface area contributed by atoms with Crippen LogP contribution >= 0.6 is 0 Å². The fourth-order valence-corrected chi connectivity index (χ4v) is 2.70. The van der Waals surface area contributed by atoms with Crippen LogP contribution in [0.2, 0.25) is 0 Å². The zero-order valence-corrected chi connectivity index (χ0v) is 13.3. The van der Waals surface area contributed by atoms with Crippen LogP contribution in [0.3, 0.4) is 0 Å². The first-order valence-electron chi connectivity index (χ1n) is 7.73. The van der Waals surface area contributed by atoms with E-state index in [1.54, 1.807) is 0 Å². The average molecular weight is 306 g/mol. The summed E-state index contributed by atoms with van der Waals surface area (Å²) in [4.78, 5) is 0. The lowest BCUT2D eigenvalue weighted by atomic mass is 9.96. The Morgan fingerprint density at radius 2 is 1.54 bits per heavy atom. The molecule has 0 heterocycles. The summed E-state index contributed by atoms with van der Waals surface area (Å²) < 4.78 is 0. The van der Waals surface area contributed by atoms with E-state index in [9.17, 15) is 10.5 Å². The molecule has 0 fully saturated rings. The lowest BCUT2D eigenvalue weighted by Crippen LogP contribution is -1.96. The Kier molecular flexibility index (Phi) is 4.29. The van der Waals surface area contributed by atoms with E-state index in [0.717, 1.165) is 22.9 Å². The molecular weight excluding hydrogens is 292 g/mol. The highest BCUT2D eigenvalue weighted by Gasteiger charge is 2.10. The molecular formula is C22H14N2. The molecule has 0 saturated carbocycles. The maximum absolute atomic E-state index is 9.42. The van der Waals surface area contributed by atoms with Crippen molar-refractivity contribution in [1.29, 1.82) is 10.5 Å². The Balaban J connectivity index is 2.07. The summed E-state index contributed by atoms with van der Waals surface area (Å²) in [6.45, 7) is 1.97. The first-order valence-corrected chi connectivity index (χ1v) is 7.73. The molecule has 3 rings (SSSR count). The van der Waals surface area contributed by atoms with Crippen LogP contribution in [0.1, 0.15) is 34.7 Å². The van der Waals surface area contributed by atoms with E-state index in [4.69, 9.17) is 0 Å². The lowest BCUT2D eigenvalue weighted by Gasteiger charge is -2.04. The van der Waals surface area contributed by atoms with Gasteiger partial charge in [-0.2, -0.15) is 10.5 Å². The number of hydrogen-bond donors (Lipinski definition) is 0. The summed E-state index contributed by atoms with van der Waals surface area (Å²) >= 11 is 0. The van der Waals surface area contributed by atoms with Crippen molar-refractivity contribution < 1.29 is 0 Å². The highest BCUT2D eigenvalue weighted by molar-refractivity contribution is 5.83. The van der Waals surface area contributed by atoms with Crippen LogP contribution in [0.25, 0.3) is 10.8 Å². The Morgan fingerprint density at radius 3 is 2.25 bits per heavy atom. The summed E-state index contributed by atoms with van der Waals surface area (Å²) in [5, 5.41) is 21.1. The zero-order chi connectivity index (χ0) is 16.9. The third-order valence-electron chi connectivity index (χ3n) is 3.99. The van der Waals surface area contributed by atoms with Gasteiger partial charge in [-0.1, -0.05) is 55.2 Å². The predicted octanol–water partition coefficient (Wildman–Crippen LogP) is 4.55. The number of fused-ring (bicyclic) bond motifs is 1. The number of rotatable bonds is 1. The van der Waals surface area contributed by atoms with Gasteiger partial charge in [-0.05, 0) is 41.0 Å². The van der Waals surface area contributed by atoms with E-state index in [2.05, 4.69) is 30.0 Å². The van der Waals surface area contributed by atoms with E-state index in [-0.39, 0.29) is 0 Å². The van der Waals surface area contributed by atoms with E-state index in [1.807, 2.05) is 55.5 Å². The van der Waals surface area contributed by atoms with Crippen LogP contribution in [-0.2, 0) is 6.42 Å². The van der Waals surface area contributed by atoms with Crippen molar-refractivity contribution in [2.75, 3.05) is 0 Å². The minimum Gasteiger partial charge on any atom is -0.192 e. The molecule has 0 radical (unpaired) electrons. The van der Waals surface area contributed by atoms with Crippen molar-refractivity contribution in [2.45, 2.75) is 13.3 Å². The van der Waals surface area contributed by atoms with Crippen LogP contribution in [0.4, 0.5) is 0 Å². The fraction of sp³-hybridized carbons (Fsp3) is 0.0909. The van der Waals surface area contributed by atoms with Crippen molar-refractivity contribution >= 4 is 10.8 Å². The van der Waals surface area contributed by atoms with Gasteiger partial charge >= 0.3 is 0 Å². The highest BCUT2D eigenvalue weighted by Crippen LogP contribution is 2.19. The normalized spacial score (nSPS) is 9.62. The SMILES string of the molecule is CCc1ccc(C#Cc2ccc3ccccc3c2)c(C#N)c1C#N. The number of hydrogen-bond acceptors (Lipinski definition) is 2. The standard InChI is InChI=1S/C22H14N2/c1-2-17-11-12-19(22(15-24)21(17)14-23)10-8-16-7-9-18-5-3-4-6-20(18)13-16/h3-7,9,11-13H,2H2,1H3. The van der Waals surface area contributed by atoms with Crippen molar-refractivity contribution in [2.24, 2.45) is 0 Å². The van der Waals surface area contributed by atoms with E-state index < -0.39 is 0 Å². The number of aryl methyl sites for hydroxylation is 1. The van der Waals surface area contributed by atoms with Gasteiger partial charge in [0.15, 0.2) is 0 Å². The monoisotopic (exact) mass is 306 g/mol. The number of nitriles is 2. The fourth-order valence-electron chi connectivity index (χ4n) is 2.70. The van der Waals surface area contributed by atoms with Crippen LogP contribution in [-0.4, -0.2) is 0 Å². The summed E-state index contributed by atoms with van der Waals surface area (Å²) in [5.41, 5.74) is 3.16. The molecule has 0 aliphatic rings. The molecule has 3 aromatic rings. The van der Waals surface area contributed by atoms with E-state index in [1.165, 1.54) is 5.39 Å². The first kappa shape index (κ1) is 15.4. The molecule has 0 unspecified atom stereocenters. The van der Waals surface area contributed by atoms with Gasteiger partial charge in [-0.3, -0.25) is 0 Å². The van der Waals surface area contributed by atoms with Gasteiger partial charge in [0.25, 0.3) is 0 Å². The van der Waals surface area contributed by atoms with Gasteiger partial charge in [0.1, 0.15) is 12.1 Å².